The summed E-state index contributed by atoms with van der Waals surface area (Å²) in [5.41, 5.74) is 0.997. The van der Waals surface area contributed by atoms with Crippen LogP contribution < -0.4 is 0 Å². The van der Waals surface area contributed by atoms with Gasteiger partial charge in [-0.15, -0.1) is 0 Å². The Kier molecular flexibility index (Phi) is 7.22. The summed E-state index contributed by atoms with van der Waals surface area (Å²) in [6, 6.07) is 8.56. The maximum atomic E-state index is 12.6. The number of rotatable bonds is 8. The third kappa shape index (κ3) is 5.47. The highest BCUT2D eigenvalue weighted by atomic mass is 16.8. The molecule has 0 unspecified atom stereocenters. The number of hydrogen-bond acceptors (Lipinski definition) is 7. The molecule has 8 nitrogen and oxygen atoms in total. The fourth-order valence-corrected chi connectivity index (χ4v) is 2.76. The number of amides is 1. The van der Waals surface area contributed by atoms with Gasteiger partial charge < -0.3 is 18.9 Å². The lowest BCUT2D eigenvalue weighted by molar-refractivity contribution is -0.136. The van der Waals surface area contributed by atoms with Gasteiger partial charge in [0, 0.05) is 18.5 Å². The standard InChI is InChI=1S/C19H23NO7/c1-4-25-18(22)20(11-14-8-6-5-7-9-14)15(10-13(2)17(21)24-3)16-12-26-19(23)27-16/h5-9,15-16H,2,4,10-12H2,1,3H3/t15-,16-/m1/s1. The van der Waals surface area contributed by atoms with E-state index in [4.69, 9.17) is 18.9 Å². The molecule has 2 atom stereocenters. The lowest BCUT2D eigenvalue weighted by Crippen LogP contribution is -2.48. The number of ether oxygens (including phenoxy) is 4. The van der Waals surface area contributed by atoms with Crippen molar-refractivity contribution in [3.8, 4) is 0 Å². The molecule has 0 bridgehead atoms. The zero-order valence-electron chi connectivity index (χ0n) is 15.4. The van der Waals surface area contributed by atoms with Crippen molar-refractivity contribution in [2.24, 2.45) is 0 Å². The highest BCUT2D eigenvalue weighted by Crippen LogP contribution is 2.24. The number of methoxy groups -OCH3 is 1. The third-order valence-electron chi connectivity index (χ3n) is 4.07. The van der Waals surface area contributed by atoms with Crippen LogP contribution >= 0.6 is 0 Å². The molecule has 8 heteroatoms. The predicted octanol–water partition coefficient (Wildman–Crippen LogP) is 2.67. The van der Waals surface area contributed by atoms with Gasteiger partial charge in [-0.2, -0.15) is 0 Å². The first-order valence-electron chi connectivity index (χ1n) is 8.53. The second kappa shape index (κ2) is 9.61. The van der Waals surface area contributed by atoms with Gasteiger partial charge in [0.2, 0.25) is 0 Å². The molecule has 1 saturated heterocycles. The van der Waals surface area contributed by atoms with Gasteiger partial charge in [-0.1, -0.05) is 36.9 Å². The maximum absolute atomic E-state index is 12.6. The molecule has 0 aromatic heterocycles. The Bertz CT molecular complexity index is 689. The topological polar surface area (TPSA) is 91.4 Å². The van der Waals surface area contributed by atoms with Crippen molar-refractivity contribution in [3.05, 3.63) is 48.0 Å². The van der Waals surface area contributed by atoms with Gasteiger partial charge in [-0.3, -0.25) is 4.90 Å². The summed E-state index contributed by atoms with van der Waals surface area (Å²) in [7, 11) is 1.24. The number of carbonyl (C=O) groups excluding carboxylic acids is 3. The first-order chi connectivity index (χ1) is 13.0. The van der Waals surface area contributed by atoms with Crippen molar-refractivity contribution >= 4 is 18.2 Å². The van der Waals surface area contributed by atoms with Crippen molar-refractivity contribution < 1.29 is 33.3 Å². The molecule has 27 heavy (non-hydrogen) atoms. The monoisotopic (exact) mass is 377 g/mol. The van der Waals surface area contributed by atoms with Crippen LogP contribution in [0.1, 0.15) is 18.9 Å². The molecule has 0 N–H and O–H groups in total. The molecule has 1 amide bonds. The van der Waals surface area contributed by atoms with E-state index in [1.165, 1.54) is 12.0 Å². The zero-order chi connectivity index (χ0) is 19.8. The average Bonchev–Trinajstić information content (AvgIpc) is 3.10. The van der Waals surface area contributed by atoms with Gasteiger partial charge >= 0.3 is 18.2 Å². The number of nitrogens with zero attached hydrogens (tertiary/aromatic N) is 1. The van der Waals surface area contributed by atoms with Crippen LogP contribution in [0.5, 0.6) is 0 Å². The van der Waals surface area contributed by atoms with E-state index in [2.05, 4.69) is 6.58 Å². The molecule has 0 aliphatic carbocycles. The van der Waals surface area contributed by atoms with E-state index in [9.17, 15) is 14.4 Å². The minimum Gasteiger partial charge on any atom is -0.466 e. The number of hydrogen-bond donors (Lipinski definition) is 0. The molecule has 146 valence electrons. The molecule has 1 heterocycles. The van der Waals surface area contributed by atoms with Crippen LogP contribution in [0.15, 0.2) is 42.5 Å². The Morgan fingerprint density at radius 2 is 2.04 bits per heavy atom. The van der Waals surface area contributed by atoms with E-state index in [0.29, 0.717) is 0 Å². The second-order valence-electron chi connectivity index (χ2n) is 5.90. The van der Waals surface area contributed by atoms with Crippen molar-refractivity contribution in [2.75, 3.05) is 20.3 Å². The number of benzene rings is 1. The van der Waals surface area contributed by atoms with Crippen LogP contribution in [0.25, 0.3) is 0 Å². The maximum Gasteiger partial charge on any atom is 0.508 e. The van der Waals surface area contributed by atoms with Gasteiger partial charge in [0.25, 0.3) is 0 Å². The van der Waals surface area contributed by atoms with Crippen molar-refractivity contribution in [2.45, 2.75) is 32.0 Å². The summed E-state index contributed by atoms with van der Waals surface area (Å²) < 4.78 is 19.9. The van der Waals surface area contributed by atoms with Crippen LogP contribution in [0.2, 0.25) is 0 Å². The van der Waals surface area contributed by atoms with Crippen LogP contribution in [0.3, 0.4) is 0 Å². The van der Waals surface area contributed by atoms with E-state index in [-0.39, 0.29) is 31.8 Å². The van der Waals surface area contributed by atoms with Crippen LogP contribution in [0.4, 0.5) is 9.59 Å². The number of esters is 1. The van der Waals surface area contributed by atoms with Crippen molar-refractivity contribution in [1.82, 2.24) is 4.90 Å². The quantitative estimate of drug-likeness (QED) is 0.391. The van der Waals surface area contributed by atoms with E-state index < -0.39 is 30.4 Å². The molecule has 0 saturated carbocycles. The predicted molar refractivity (Wildman–Crippen MR) is 94.8 cm³/mol. The molecule has 1 aliphatic heterocycles. The SMILES string of the molecule is C=C(C[C@H]([C@H]1COC(=O)O1)N(Cc1ccccc1)C(=O)OCC)C(=O)OC. The molecular formula is C19H23NO7. The van der Waals surface area contributed by atoms with E-state index in [0.717, 1.165) is 5.56 Å². The lowest BCUT2D eigenvalue weighted by atomic mass is 10.00. The van der Waals surface area contributed by atoms with Gasteiger partial charge in [-0.25, -0.2) is 14.4 Å². The Balaban J connectivity index is 2.31. The molecule has 2 rings (SSSR count). The van der Waals surface area contributed by atoms with Gasteiger partial charge in [0.1, 0.15) is 6.61 Å². The normalized spacial score (nSPS) is 16.7. The molecule has 0 radical (unpaired) electrons. The Morgan fingerprint density at radius 1 is 1.33 bits per heavy atom. The summed E-state index contributed by atoms with van der Waals surface area (Å²) in [6.45, 7) is 5.75. The Hall–Kier alpha value is -3.03. The number of carbonyl (C=O) groups is 3. The van der Waals surface area contributed by atoms with E-state index in [1.807, 2.05) is 30.3 Å². The molecule has 1 aliphatic rings. The Morgan fingerprint density at radius 3 is 2.59 bits per heavy atom. The smallest absolute Gasteiger partial charge is 0.466 e. The number of cyclic esters (lactones) is 2. The van der Waals surface area contributed by atoms with Gasteiger partial charge in [-0.05, 0) is 12.5 Å². The van der Waals surface area contributed by atoms with Crippen LogP contribution in [-0.4, -0.2) is 55.6 Å². The summed E-state index contributed by atoms with van der Waals surface area (Å²) in [5, 5.41) is 0. The third-order valence-corrected chi connectivity index (χ3v) is 4.07. The molecular weight excluding hydrogens is 354 g/mol. The fourth-order valence-electron chi connectivity index (χ4n) is 2.76. The second-order valence-corrected chi connectivity index (χ2v) is 5.90. The first-order valence-corrected chi connectivity index (χ1v) is 8.53. The summed E-state index contributed by atoms with van der Waals surface area (Å²) >= 11 is 0. The summed E-state index contributed by atoms with van der Waals surface area (Å²) in [5.74, 6) is -0.603. The zero-order valence-corrected chi connectivity index (χ0v) is 15.4. The Labute approximate surface area is 157 Å². The van der Waals surface area contributed by atoms with Crippen LogP contribution in [-0.2, 0) is 30.3 Å². The van der Waals surface area contributed by atoms with Crippen LogP contribution in [0, 0.1) is 0 Å². The molecule has 1 aromatic carbocycles. The van der Waals surface area contributed by atoms with Crippen molar-refractivity contribution in [1.29, 1.82) is 0 Å². The molecule has 0 spiro atoms. The lowest BCUT2D eigenvalue weighted by Gasteiger charge is -2.33. The van der Waals surface area contributed by atoms with Gasteiger partial charge in [0.05, 0.1) is 19.8 Å². The fraction of sp³-hybridized carbons (Fsp3) is 0.421. The van der Waals surface area contributed by atoms with E-state index >= 15 is 0 Å². The van der Waals surface area contributed by atoms with Crippen molar-refractivity contribution in [3.63, 3.8) is 0 Å². The first kappa shape index (κ1) is 20.3. The molecule has 1 fully saturated rings. The highest BCUT2D eigenvalue weighted by Gasteiger charge is 2.40. The summed E-state index contributed by atoms with van der Waals surface area (Å²) in [4.78, 5) is 37.3. The largest absolute Gasteiger partial charge is 0.508 e. The molecule has 1 aromatic rings. The van der Waals surface area contributed by atoms with E-state index in [1.54, 1.807) is 6.92 Å². The highest BCUT2D eigenvalue weighted by molar-refractivity contribution is 5.87. The van der Waals surface area contributed by atoms with Gasteiger partial charge in [0.15, 0.2) is 6.10 Å². The minimum atomic E-state index is -0.822. The minimum absolute atomic E-state index is 0.0390. The average molecular weight is 377 g/mol. The summed E-state index contributed by atoms with van der Waals surface area (Å²) in [6.07, 6.45) is -2.13.